The minimum absolute atomic E-state index is 0.186. The molecule has 0 aliphatic heterocycles. The molecule has 0 atom stereocenters. The first-order valence-electron chi connectivity index (χ1n) is 18.9. The van der Waals surface area contributed by atoms with Gasteiger partial charge in [0, 0.05) is 42.7 Å². The van der Waals surface area contributed by atoms with Crippen LogP contribution in [0.15, 0.2) is 42.5 Å². The van der Waals surface area contributed by atoms with Crippen molar-refractivity contribution in [2.24, 2.45) is 11.5 Å². The van der Waals surface area contributed by atoms with Crippen LogP contribution < -0.4 is 22.1 Å². The van der Waals surface area contributed by atoms with Crippen LogP contribution in [0.2, 0.25) is 0 Å². The number of anilines is 2. The summed E-state index contributed by atoms with van der Waals surface area (Å²) in [7, 11) is 0. The van der Waals surface area contributed by atoms with Gasteiger partial charge in [0.1, 0.15) is 11.4 Å². The van der Waals surface area contributed by atoms with Gasteiger partial charge in [0.2, 0.25) is 23.7 Å². The number of carbonyl (C=O) groups excluding carboxylic acids is 5. The van der Waals surface area contributed by atoms with Crippen LogP contribution in [0.4, 0.5) is 11.9 Å². The van der Waals surface area contributed by atoms with Gasteiger partial charge in [-0.2, -0.15) is 10.2 Å². The lowest BCUT2D eigenvalue weighted by molar-refractivity contribution is -0.143. The fourth-order valence-electron chi connectivity index (χ4n) is 6.81. The maximum Gasteiger partial charge on any atom is 0.305 e. The van der Waals surface area contributed by atoms with E-state index in [1.165, 1.54) is 0 Å². The van der Waals surface area contributed by atoms with Crippen LogP contribution in [0.25, 0.3) is 22.1 Å². The Morgan fingerprint density at radius 1 is 0.789 bits per heavy atom. The lowest BCUT2D eigenvalue weighted by Crippen LogP contribution is -2.20. The number of hydrogen-bond donors (Lipinski definition) is 5. The van der Waals surface area contributed by atoms with E-state index in [1.54, 1.807) is 63.3 Å². The molecule has 4 aromatic heterocycles. The number of hydrogen-bond acceptors (Lipinski definition) is 10. The van der Waals surface area contributed by atoms with E-state index in [0.717, 1.165) is 24.1 Å². The standard InChI is InChI=1S/C39H46N12O6/c1-5-50-33(37(56)45-38-42-27-15-13-24(34(40)53)20-28(27)43-38)26(23(4)48-50)11-8-7-9-18-51-31(19-22(3)47-51)36(55)46-39-44-29-21-25(35(41)54)14-16-30(29)49(39)17-10-12-32(52)57-6-2/h13-16,19-21H,5-12,17-18H2,1-4H3,(H2,40,53)(H2,41,54)(H,44,46,55)(H2,42,43,45,56). The van der Waals surface area contributed by atoms with Gasteiger partial charge in [-0.15, -0.1) is 0 Å². The number of aromatic nitrogens is 8. The second-order valence-corrected chi connectivity index (χ2v) is 13.6. The number of unbranched alkanes of at least 4 members (excludes halogenated alkanes) is 2. The largest absolute Gasteiger partial charge is 0.466 e. The van der Waals surface area contributed by atoms with Gasteiger partial charge >= 0.3 is 5.97 Å². The molecule has 0 bridgehead atoms. The Balaban J connectivity index is 1.10. The molecule has 0 saturated carbocycles. The SMILES string of the molecule is CCOC(=O)CCCn1c(NC(=O)c2cc(C)nn2CCCCCc2c(C)nn(CC)c2C(=O)Nc2nc3cc(C(N)=O)ccc3[nH]2)nc2cc(C(N)=O)ccc21. The number of fused-ring (bicyclic) bond motifs is 2. The van der Waals surface area contributed by atoms with Crippen molar-refractivity contribution < 1.29 is 28.7 Å². The molecule has 0 spiro atoms. The number of nitrogens with two attached hydrogens (primary N) is 2. The van der Waals surface area contributed by atoms with Crippen molar-refractivity contribution in [1.29, 1.82) is 0 Å². The highest BCUT2D eigenvalue weighted by atomic mass is 16.5. The number of nitrogens with one attached hydrogen (secondary N) is 3. The number of primary amides is 2. The Bertz CT molecular complexity index is 2490. The van der Waals surface area contributed by atoms with E-state index in [4.69, 9.17) is 16.2 Å². The summed E-state index contributed by atoms with van der Waals surface area (Å²) in [6.07, 6.45) is 3.47. The average molecular weight is 779 g/mol. The molecule has 7 N–H and O–H groups in total. The van der Waals surface area contributed by atoms with Crippen molar-refractivity contribution in [3.63, 3.8) is 0 Å². The Morgan fingerprint density at radius 2 is 1.53 bits per heavy atom. The summed E-state index contributed by atoms with van der Waals surface area (Å²) >= 11 is 0. The Morgan fingerprint density at radius 3 is 2.25 bits per heavy atom. The summed E-state index contributed by atoms with van der Waals surface area (Å²) in [6.45, 7) is 8.97. The van der Waals surface area contributed by atoms with Gasteiger partial charge in [-0.05, 0) is 95.8 Å². The van der Waals surface area contributed by atoms with E-state index in [0.29, 0.717) is 83.6 Å². The topological polar surface area (TPSA) is 253 Å². The predicted molar refractivity (Wildman–Crippen MR) is 212 cm³/mol. The maximum absolute atomic E-state index is 13.7. The first-order valence-corrected chi connectivity index (χ1v) is 18.9. The molecule has 18 nitrogen and oxygen atoms in total. The van der Waals surface area contributed by atoms with E-state index in [1.807, 2.05) is 20.8 Å². The second kappa shape index (κ2) is 17.3. The highest BCUT2D eigenvalue weighted by Gasteiger charge is 2.23. The van der Waals surface area contributed by atoms with Crippen LogP contribution in [0.1, 0.15) is 105 Å². The quantitative estimate of drug-likeness (QED) is 0.0607. The summed E-state index contributed by atoms with van der Waals surface area (Å²) in [5.41, 5.74) is 16.9. The molecule has 57 heavy (non-hydrogen) atoms. The van der Waals surface area contributed by atoms with Crippen molar-refractivity contribution in [2.75, 3.05) is 17.2 Å². The number of aromatic amines is 1. The van der Waals surface area contributed by atoms with E-state index < -0.39 is 17.7 Å². The number of esters is 1. The van der Waals surface area contributed by atoms with Gasteiger partial charge in [0.25, 0.3) is 11.8 Å². The van der Waals surface area contributed by atoms with Gasteiger partial charge < -0.3 is 25.8 Å². The molecule has 0 saturated heterocycles. The molecule has 0 radical (unpaired) electrons. The summed E-state index contributed by atoms with van der Waals surface area (Å²) in [6, 6.07) is 11.4. The number of rotatable bonds is 18. The number of imidazole rings is 2. The minimum atomic E-state index is -0.599. The van der Waals surface area contributed by atoms with Crippen molar-refractivity contribution in [3.8, 4) is 0 Å². The third-order valence-electron chi connectivity index (χ3n) is 9.52. The van der Waals surface area contributed by atoms with Crippen molar-refractivity contribution in [1.82, 2.24) is 39.1 Å². The second-order valence-electron chi connectivity index (χ2n) is 13.6. The molecule has 4 heterocycles. The predicted octanol–water partition coefficient (Wildman–Crippen LogP) is 4.40. The lowest BCUT2D eigenvalue weighted by atomic mass is 10.0. The third kappa shape index (κ3) is 9.01. The first-order chi connectivity index (χ1) is 27.4. The number of H-pyrrole nitrogens is 1. The minimum Gasteiger partial charge on any atom is -0.466 e. The zero-order valence-electron chi connectivity index (χ0n) is 32.3. The van der Waals surface area contributed by atoms with E-state index >= 15 is 0 Å². The smallest absolute Gasteiger partial charge is 0.305 e. The fraction of sp³-hybridized carbons (Fsp3) is 0.359. The summed E-state index contributed by atoms with van der Waals surface area (Å²) in [5.74, 6) is -1.76. The molecular weight excluding hydrogens is 733 g/mol. The van der Waals surface area contributed by atoms with Gasteiger partial charge in [0.05, 0.1) is 40.1 Å². The molecule has 18 heteroatoms. The normalized spacial score (nSPS) is 11.3. The van der Waals surface area contributed by atoms with Gasteiger partial charge in [-0.1, -0.05) is 6.42 Å². The highest BCUT2D eigenvalue weighted by Crippen LogP contribution is 2.24. The highest BCUT2D eigenvalue weighted by molar-refractivity contribution is 6.05. The average Bonchev–Trinajstić information content (AvgIpc) is 3.93. The third-order valence-corrected chi connectivity index (χ3v) is 9.52. The molecule has 298 valence electrons. The zero-order chi connectivity index (χ0) is 40.8. The van der Waals surface area contributed by atoms with Crippen LogP contribution in [0, 0.1) is 13.8 Å². The molecule has 0 unspecified atom stereocenters. The van der Waals surface area contributed by atoms with Gasteiger partial charge in [-0.3, -0.25) is 44.0 Å². The summed E-state index contributed by atoms with van der Waals surface area (Å²) < 4.78 is 10.2. The van der Waals surface area contributed by atoms with Crippen LogP contribution >= 0.6 is 0 Å². The first kappa shape index (κ1) is 39.8. The van der Waals surface area contributed by atoms with Gasteiger partial charge in [-0.25, -0.2) is 9.97 Å². The van der Waals surface area contributed by atoms with E-state index in [-0.39, 0.29) is 42.4 Å². The molecule has 2 aromatic carbocycles. The maximum atomic E-state index is 13.7. The Labute approximate surface area is 327 Å². The van der Waals surface area contributed by atoms with Gasteiger partial charge in [0.15, 0.2) is 0 Å². The van der Waals surface area contributed by atoms with Crippen LogP contribution in [-0.2, 0) is 35.6 Å². The molecular formula is C39H46N12O6. The number of carbonyl (C=O) groups is 5. The van der Waals surface area contributed by atoms with Crippen LogP contribution in [0.5, 0.6) is 0 Å². The zero-order valence-corrected chi connectivity index (χ0v) is 32.3. The fourth-order valence-corrected chi connectivity index (χ4v) is 6.81. The van der Waals surface area contributed by atoms with E-state index in [2.05, 4.69) is 35.8 Å². The molecule has 0 aliphatic rings. The van der Waals surface area contributed by atoms with Crippen LogP contribution in [0.3, 0.4) is 0 Å². The number of aryl methyl sites for hydroxylation is 5. The molecule has 0 aliphatic carbocycles. The summed E-state index contributed by atoms with van der Waals surface area (Å²) in [4.78, 5) is 74.9. The lowest BCUT2D eigenvalue weighted by Gasteiger charge is -2.11. The number of benzene rings is 2. The van der Waals surface area contributed by atoms with Crippen molar-refractivity contribution >= 4 is 63.6 Å². The Hall–Kier alpha value is -6.85. The number of ether oxygens (including phenoxy) is 1. The van der Waals surface area contributed by atoms with Crippen LogP contribution in [-0.4, -0.2) is 75.3 Å². The molecule has 6 aromatic rings. The summed E-state index contributed by atoms with van der Waals surface area (Å²) in [5, 5.41) is 14.9. The van der Waals surface area contributed by atoms with Crippen molar-refractivity contribution in [2.45, 2.75) is 85.9 Å². The molecule has 4 amide bonds. The Kier molecular flexibility index (Phi) is 12.1. The molecule has 0 fully saturated rings. The molecule has 6 rings (SSSR count). The number of nitrogens with zero attached hydrogens (tertiary/aromatic N) is 7. The van der Waals surface area contributed by atoms with Crippen molar-refractivity contribution in [3.05, 3.63) is 81.9 Å². The van der Waals surface area contributed by atoms with E-state index in [9.17, 15) is 24.0 Å². The number of amides is 4. The monoisotopic (exact) mass is 778 g/mol.